The van der Waals surface area contributed by atoms with Crippen molar-refractivity contribution in [1.29, 1.82) is 0 Å². The Hall–Kier alpha value is -2.25. The Bertz CT molecular complexity index is 850. The van der Waals surface area contributed by atoms with Crippen molar-refractivity contribution in [2.45, 2.75) is 32.4 Å². The van der Waals surface area contributed by atoms with Crippen LogP contribution in [0.25, 0.3) is 0 Å². The Morgan fingerprint density at radius 2 is 2.19 bits per heavy atom. The van der Waals surface area contributed by atoms with Gasteiger partial charge in [0.15, 0.2) is 0 Å². The summed E-state index contributed by atoms with van der Waals surface area (Å²) in [6.45, 7) is 5.16. The molecule has 0 radical (unpaired) electrons. The van der Waals surface area contributed by atoms with Crippen molar-refractivity contribution in [3.63, 3.8) is 0 Å². The number of amides is 2. The summed E-state index contributed by atoms with van der Waals surface area (Å²) in [7, 11) is 0. The maximum absolute atomic E-state index is 12.7. The predicted molar refractivity (Wildman–Crippen MR) is 105 cm³/mol. The first kappa shape index (κ1) is 18.1. The molecule has 7 heteroatoms. The zero-order chi connectivity index (χ0) is 18.8. The van der Waals surface area contributed by atoms with Crippen molar-refractivity contribution in [3.05, 3.63) is 51.5 Å². The number of aryl methyl sites for hydroxylation is 1. The summed E-state index contributed by atoms with van der Waals surface area (Å²) in [5.41, 5.74) is 2.13. The van der Waals surface area contributed by atoms with E-state index in [1.54, 1.807) is 16.2 Å². The SMILES string of the molecule is Cc1cccc(CN2CCC[C@H]2c2ccc(C(=O)N3CCNC(=O)C3)s2)n1. The largest absolute Gasteiger partial charge is 0.353 e. The van der Waals surface area contributed by atoms with Crippen LogP contribution in [-0.4, -0.2) is 52.8 Å². The lowest BCUT2D eigenvalue weighted by atomic mass is 10.2. The Morgan fingerprint density at radius 3 is 3.00 bits per heavy atom. The number of carbonyl (C=O) groups excluding carboxylic acids is 2. The van der Waals surface area contributed by atoms with Gasteiger partial charge < -0.3 is 10.2 Å². The molecule has 0 spiro atoms. The molecule has 142 valence electrons. The summed E-state index contributed by atoms with van der Waals surface area (Å²) in [6, 6.07) is 10.5. The lowest BCUT2D eigenvalue weighted by molar-refractivity contribution is -0.123. The van der Waals surface area contributed by atoms with Crippen LogP contribution in [0.2, 0.25) is 0 Å². The number of thiophene rings is 1. The molecule has 0 bridgehead atoms. The first-order valence-corrected chi connectivity index (χ1v) is 10.2. The van der Waals surface area contributed by atoms with Gasteiger partial charge in [0.1, 0.15) is 0 Å². The van der Waals surface area contributed by atoms with Crippen molar-refractivity contribution in [2.24, 2.45) is 0 Å². The molecule has 0 aromatic carbocycles. The van der Waals surface area contributed by atoms with E-state index in [9.17, 15) is 9.59 Å². The molecule has 0 unspecified atom stereocenters. The van der Waals surface area contributed by atoms with E-state index in [1.165, 1.54) is 4.88 Å². The smallest absolute Gasteiger partial charge is 0.264 e. The highest BCUT2D eigenvalue weighted by molar-refractivity contribution is 7.14. The highest BCUT2D eigenvalue weighted by Gasteiger charge is 2.29. The Balaban J connectivity index is 1.46. The van der Waals surface area contributed by atoms with Gasteiger partial charge in [-0.3, -0.25) is 19.5 Å². The van der Waals surface area contributed by atoms with Crippen LogP contribution >= 0.6 is 11.3 Å². The second kappa shape index (κ2) is 7.78. The minimum absolute atomic E-state index is 0.0361. The van der Waals surface area contributed by atoms with Gasteiger partial charge in [-0.25, -0.2) is 0 Å². The maximum atomic E-state index is 12.7. The van der Waals surface area contributed by atoms with E-state index in [0.717, 1.165) is 42.2 Å². The zero-order valence-corrected chi connectivity index (χ0v) is 16.3. The van der Waals surface area contributed by atoms with E-state index in [2.05, 4.69) is 33.4 Å². The van der Waals surface area contributed by atoms with E-state index < -0.39 is 0 Å². The van der Waals surface area contributed by atoms with Crippen molar-refractivity contribution in [2.75, 3.05) is 26.2 Å². The summed E-state index contributed by atoms with van der Waals surface area (Å²) in [4.78, 5) is 34.9. The van der Waals surface area contributed by atoms with Crippen LogP contribution in [0, 0.1) is 6.92 Å². The molecule has 6 nitrogen and oxygen atoms in total. The fraction of sp³-hybridized carbons (Fsp3) is 0.450. The van der Waals surface area contributed by atoms with Crippen LogP contribution in [0.1, 0.15) is 44.8 Å². The van der Waals surface area contributed by atoms with Gasteiger partial charge in [-0.2, -0.15) is 0 Å². The standard InChI is InChI=1S/C20H24N4O2S/c1-14-4-2-5-15(22-14)12-23-10-3-6-16(23)17-7-8-18(27-17)20(26)24-11-9-21-19(25)13-24/h2,4-5,7-8,16H,3,6,9-13H2,1H3,(H,21,25)/t16-/m0/s1. The summed E-state index contributed by atoms with van der Waals surface area (Å²) >= 11 is 1.57. The molecule has 2 aliphatic heterocycles. The average Bonchev–Trinajstić information content (AvgIpc) is 3.30. The van der Waals surface area contributed by atoms with E-state index in [4.69, 9.17) is 0 Å². The molecule has 2 aromatic heterocycles. The van der Waals surface area contributed by atoms with E-state index in [1.807, 2.05) is 19.1 Å². The number of pyridine rings is 1. The molecule has 2 amide bonds. The van der Waals surface area contributed by atoms with Crippen molar-refractivity contribution in [1.82, 2.24) is 20.1 Å². The van der Waals surface area contributed by atoms with Gasteiger partial charge in [-0.05, 0) is 50.6 Å². The molecule has 0 saturated carbocycles. The third kappa shape index (κ3) is 4.04. The molecule has 4 heterocycles. The highest BCUT2D eigenvalue weighted by Crippen LogP contribution is 2.37. The fourth-order valence-electron chi connectivity index (χ4n) is 3.85. The number of aromatic nitrogens is 1. The fourth-order valence-corrected chi connectivity index (χ4v) is 4.99. The lowest BCUT2D eigenvalue weighted by Gasteiger charge is -2.26. The van der Waals surface area contributed by atoms with Gasteiger partial charge in [-0.15, -0.1) is 11.3 Å². The molecule has 0 aliphatic carbocycles. The summed E-state index contributed by atoms with van der Waals surface area (Å²) in [5.74, 6) is -0.120. The second-order valence-corrected chi connectivity index (χ2v) is 8.29. The molecule has 2 fully saturated rings. The molecule has 2 saturated heterocycles. The van der Waals surface area contributed by atoms with Crippen LogP contribution in [-0.2, 0) is 11.3 Å². The van der Waals surface area contributed by atoms with Gasteiger partial charge in [0.2, 0.25) is 5.91 Å². The minimum Gasteiger partial charge on any atom is -0.353 e. The van der Waals surface area contributed by atoms with Crippen LogP contribution in [0.3, 0.4) is 0 Å². The Kier molecular flexibility index (Phi) is 5.22. The number of piperazine rings is 1. The third-order valence-electron chi connectivity index (χ3n) is 5.17. The van der Waals surface area contributed by atoms with Gasteiger partial charge >= 0.3 is 0 Å². The Labute approximate surface area is 163 Å². The maximum Gasteiger partial charge on any atom is 0.264 e. The normalized spacial score (nSPS) is 20.7. The lowest BCUT2D eigenvalue weighted by Crippen LogP contribution is -2.49. The number of carbonyl (C=O) groups is 2. The van der Waals surface area contributed by atoms with Crippen molar-refractivity contribution < 1.29 is 9.59 Å². The number of hydrogen-bond acceptors (Lipinski definition) is 5. The summed E-state index contributed by atoms with van der Waals surface area (Å²) in [6.07, 6.45) is 2.26. The van der Waals surface area contributed by atoms with Gasteiger partial charge in [0.25, 0.3) is 5.91 Å². The first-order valence-electron chi connectivity index (χ1n) is 9.42. The molecule has 4 rings (SSSR count). The van der Waals surface area contributed by atoms with E-state index in [0.29, 0.717) is 19.1 Å². The molecule has 27 heavy (non-hydrogen) atoms. The molecular formula is C20H24N4O2S. The molecule has 1 N–H and O–H groups in total. The van der Waals surface area contributed by atoms with Gasteiger partial charge in [-0.1, -0.05) is 6.07 Å². The zero-order valence-electron chi connectivity index (χ0n) is 15.5. The van der Waals surface area contributed by atoms with E-state index >= 15 is 0 Å². The van der Waals surface area contributed by atoms with Crippen LogP contribution in [0.15, 0.2) is 30.3 Å². The number of nitrogens with zero attached hydrogens (tertiary/aromatic N) is 3. The second-order valence-electron chi connectivity index (χ2n) is 7.18. The van der Waals surface area contributed by atoms with Crippen molar-refractivity contribution >= 4 is 23.2 Å². The van der Waals surface area contributed by atoms with Crippen molar-refractivity contribution in [3.8, 4) is 0 Å². The van der Waals surface area contributed by atoms with Crippen LogP contribution in [0.5, 0.6) is 0 Å². The van der Waals surface area contributed by atoms with Crippen LogP contribution < -0.4 is 5.32 Å². The Morgan fingerprint density at radius 1 is 1.30 bits per heavy atom. The van der Waals surface area contributed by atoms with Gasteiger partial charge in [0, 0.05) is 36.2 Å². The topological polar surface area (TPSA) is 65.5 Å². The number of likely N-dealkylation sites (tertiary alicyclic amines) is 1. The first-order chi connectivity index (χ1) is 13.1. The predicted octanol–water partition coefficient (Wildman–Crippen LogP) is 2.36. The quantitative estimate of drug-likeness (QED) is 0.879. The molecule has 2 aromatic rings. The van der Waals surface area contributed by atoms with Crippen LogP contribution in [0.4, 0.5) is 0 Å². The molecule has 2 aliphatic rings. The monoisotopic (exact) mass is 384 g/mol. The van der Waals surface area contributed by atoms with Gasteiger partial charge in [0.05, 0.1) is 17.1 Å². The summed E-state index contributed by atoms with van der Waals surface area (Å²) < 4.78 is 0. The number of nitrogens with one attached hydrogen (secondary N) is 1. The minimum atomic E-state index is -0.0843. The summed E-state index contributed by atoms with van der Waals surface area (Å²) in [5, 5.41) is 2.76. The average molecular weight is 385 g/mol. The number of hydrogen-bond donors (Lipinski definition) is 1. The number of rotatable bonds is 4. The molecular weight excluding hydrogens is 360 g/mol. The third-order valence-corrected chi connectivity index (χ3v) is 6.34. The highest BCUT2D eigenvalue weighted by atomic mass is 32.1. The van der Waals surface area contributed by atoms with E-state index in [-0.39, 0.29) is 18.4 Å². The molecule has 1 atom stereocenters.